The van der Waals surface area contributed by atoms with Crippen molar-refractivity contribution in [2.75, 3.05) is 0 Å². The fourth-order valence-corrected chi connectivity index (χ4v) is 5.98. The summed E-state index contributed by atoms with van der Waals surface area (Å²) in [5.41, 5.74) is 3.86. The Kier molecular flexibility index (Phi) is 4.01. The lowest BCUT2D eigenvalue weighted by Crippen LogP contribution is -2.38. The highest BCUT2D eigenvalue weighted by molar-refractivity contribution is 5.77. The SMILES string of the molecule is CC1C=C2C(=CC1C1(C3CCC(C(=O)O)[N-]3)CC1)C(C)(C)CCC2(C)C. The molecule has 0 aromatic carbocycles. The number of aliphatic carboxylic acids is 1. The summed E-state index contributed by atoms with van der Waals surface area (Å²) in [7, 11) is 0. The quantitative estimate of drug-likeness (QED) is 0.703. The zero-order valence-electron chi connectivity index (χ0n) is 17.0. The highest BCUT2D eigenvalue weighted by Gasteiger charge is 2.54. The highest BCUT2D eigenvalue weighted by Crippen LogP contribution is 2.65. The Morgan fingerprint density at radius 3 is 2.08 bits per heavy atom. The van der Waals surface area contributed by atoms with Crippen LogP contribution in [0, 0.1) is 28.1 Å². The Labute approximate surface area is 158 Å². The van der Waals surface area contributed by atoms with Gasteiger partial charge in [0.05, 0.1) is 0 Å². The van der Waals surface area contributed by atoms with Crippen molar-refractivity contribution >= 4 is 5.97 Å². The topological polar surface area (TPSA) is 51.4 Å². The third-order valence-corrected chi connectivity index (χ3v) is 7.98. The molecule has 3 heteroatoms. The first-order valence-corrected chi connectivity index (χ1v) is 10.4. The average molecular weight is 357 g/mol. The van der Waals surface area contributed by atoms with Crippen LogP contribution in [0.25, 0.3) is 5.32 Å². The summed E-state index contributed by atoms with van der Waals surface area (Å²) in [6.07, 6.45) is 11.8. The number of hydrogen-bond donors (Lipinski definition) is 1. The normalized spacial score (nSPS) is 39.6. The summed E-state index contributed by atoms with van der Waals surface area (Å²) in [6, 6.07) is -0.234. The molecule has 144 valence electrons. The summed E-state index contributed by atoms with van der Waals surface area (Å²) in [4.78, 5) is 11.4. The van der Waals surface area contributed by atoms with E-state index in [2.05, 4.69) is 46.8 Å². The molecule has 0 aromatic heterocycles. The number of carbonyl (C=O) groups is 1. The van der Waals surface area contributed by atoms with Crippen LogP contribution in [0.2, 0.25) is 0 Å². The molecular weight excluding hydrogens is 322 g/mol. The molecule has 3 aliphatic carbocycles. The number of rotatable bonds is 3. The first-order chi connectivity index (χ1) is 12.1. The first kappa shape index (κ1) is 18.3. The van der Waals surface area contributed by atoms with Gasteiger partial charge < -0.3 is 10.4 Å². The van der Waals surface area contributed by atoms with Crippen molar-refractivity contribution in [3.05, 3.63) is 28.6 Å². The summed E-state index contributed by atoms with van der Waals surface area (Å²) >= 11 is 0. The number of fused-ring (bicyclic) bond motifs is 1. The molecule has 0 amide bonds. The van der Waals surface area contributed by atoms with Gasteiger partial charge in [-0.25, -0.2) is 0 Å². The second-order valence-electron chi connectivity index (χ2n) is 10.6. The lowest BCUT2D eigenvalue weighted by atomic mass is 9.56. The predicted molar refractivity (Wildman–Crippen MR) is 105 cm³/mol. The lowest BCUT2D eigenvalue weighted by Gasteiger charge is -2.50. The van der Waals surface area contributed by atoms with Crippen molar-refractivity contribution in [3.63, 3.8) is 0 Å². The van der Waals surface area contributed by atoms with E-state index in [0.29, 0.717) is 11.8 Å². The van der Waals surface area contributed by atoms with Crippen molar-refractivity contribution in [3.8, 4) is 0 Å². The predicted octanol–water partition coefficient (Wildman–Crippen LogP) is 5.72. The van der Waals surface area contributed by atoms with Gasteiger partial charge in [0.15, 0.2) is 0 Å². The van der Waals surface area contributed by atoms with Crippen molar-refractivity contribution in [2.24, 2.45) is 28.1 Å². The number of carboxylic acids is 1. The van der Waals surface area contributed by atoms with Crippen molar-refractivity contribution in [2.45, 2.75) is 85.2 Å². The van der Waals surface area contributed by atoms with Crippen LogP contribution in [0.1, 0.15) is 73.1 Å². The summed E-state index contributed by atoms with van der Waals surface area (Å²) in [5, 5.41) is 14.1. The van der Waals surface area contributed by atoms with Gasteiger partial charge in [-0.15, -0.1) is 6.04 Å². The van der Waals surface area contributed by atoms with Crippen LogP contribution in [0.5, 0.6) is 0 Å². The molecule has 2 saturated carbocycles. The Hall–Kier alpha value is -1.09. The molecule has 0 bridgehead atoms. The van der Waals surface area contributed by atoms with Crippen LogP contribution >= 0.6 is 0 Å². The van der Waals surface area contributed by atoms with E-state index in [0.717, 1.165) is 12.8 Å². The fourth-order valence-electron chi connectivity index (χ4n) is 5.98. The van der Waals surface area contributed by atoms with E-state index in [1.165, 1.54) is 25.7 Å². The Morgan fingerprint density at radius 1 is 1.00 bits per heavy atom. The molecule has 1 N–H and O–H groups in total. The maximum Gasteiger partial charge on any atom is 0.285 e. The molecule has 1 heterocycles. The standard InChI is InChI=1S/C23H34NO2/c1-14-12-16-17(22(4,5)9-8-21(16,2)3)13-15(14)23(10-11-23)19-7-6-18(24-19)20(25)26/h12-15,18-19H,6-11H2,1-5H3,(H,25,26)/q-1. The van der Waals surface area contributed by atoms with Crippen LogP contribution in [-0.4, -0.2) is 23.2 Å². The van der Waals surface area contributed by atoms with Crippen molar-refractivity contribution in [1.29, 1.82) is 0 Å². The fraction of sp³-hybridized carbons (Fsp3) is 0.783. The third kappa shape index (κ3) is 2.69. The molecule has 26 heavy (non-hydrogen) atoms. The molecule has 0 aromatic rings. The molecule has 4 rings (SSSR count). The number of allylic oxidation sites excluding steroid dienone is 4. The molecule has 4 atom stereocenters. The molecule has 3 nitrogen and oxygen atoms in total. The van der Waals surface area contributed by atoms with Crippen LogP contribution < -0.4 is 0 Å². The van der Waals surface area contributed by atoms with Crippen molar-refractivity contribution < 1.29 is 9.90 Å². The number of nitrogens with zero attached hydrogens (tertiary/aromatic N) is 1. The van der Waals surface area contributed by atoms with Crippen LogP contribution in [0.3, 0.4) is 0 Å². The van der Waals surface area contributed by atoms with Gasteiger partial charge in [-0.2, -0.15) is 0 Å². The minimum absolute atomic E-state index is 0.219. The van der Waals surface area contributed by atoms with E-state index in [1.807, 2.05) is 0 Å². The van der Waals surface area contributed by atoms with E-state index in [1.54, 1.807) is 11.1 Å². The van der Waals surface area contributed by atoms with Gasteiger partial charge in [-0.1, -0.05) is 59.6 Å². The van der Waals surface area contributed by atoms with Crippen LogP contribution in [-0.2, 0) is 4.79 Å². The van der Waals surface area contributed by atoms with Gasteiger partial charge in [0.2, 0.25) is 0 Å². The second kappa shape index (κ2) is 5.70. The van der Waals surface area contributed by atoms with Gasteiger partial charge >= 0.3 is 0 Å². The third-order valence-electron chi connectivity index (χ3n) is 7.98. The van der Waals surface area contributed by atoms with E-state index in [4.69, 9.17) is 5.32 Å². The molecule has 1 saturated heterocycles. The maximum atomic E-state index is 11.4. The molecule has 4 unspecified atom stereocenters. The first-order valence-electron chi connectivity index (χ1n) is 10.4. The van der Waals surface area contributed by atoms with E-state index in [9.17, 15) is 9.90 Å². The Morgan fingerprint density at radius 2 is 1.58 bits per heavy atom. The maximum absolute atomic E-state index is 11.4. The van der Waals surface area contributed by atoms with Gasteiger partial charge in [-0.3, -0.25) is 4.79 Å². The summed E-state index contributed by atoms with van der Waals surface area (Å²) in [5.74, 6) is 0.287. The molecule has 0 radical (unpaired) electrons. The lowest BCUT2D eigenvalue weighted by molar-refractivity contribution is -0.137. The van der Waals surface area contributed by atoms with Crippen LogP contribution in [0.4, 0.5) is 0 Å². The monoisotopic (exact) mass is 356 g/mol. The Bertz CT molecular complexity index is 680. The van der Waals surface area contributed by atoms with Gasteiger partial charge in [0.1, 0.15) is 0 Å². The molecule has 3 fully saturated rings. The van der Waals surface area contributed by atoms with Gasteiger partial charge in [0, 0.05) is 0 Å². The minimum atomic E-state index is -0.740. The molecule has 4 aliphatic rings. The average Bonchev–Trinajstić information content (AvgIpc) is 3.19. The van der Waals surface area contributed by atoms with Crippen molar-refractivity contribution in [1.82, 2.24) is 0 Å². The molecule has 0 spiro atoms. The summed E-state index contributed by atoms with van der Waals surface area (Å²) in [6.45, 7) is 12.0. The van der Waals surface area contributed by atoms with E-state index < -0.39 is 12.0 Å². The number of carboxylic acid groups (broad SMARTS) is 1. The molecular formula is C23H34NO2-. The van der Waals surface area contributed by atoms with Gasteiger partial charge in [0.25, 0.3) is 5.97 Å². The zero-order chi connectivity index (χ0) is 18.9. The second-order valence-corrected chi connectivity index (χ2v) is 10.6. The van der Waals surface area contributed by atoms with E-state index >= 15 is 0 Å². The van der Waals surface area contributed by atoms with Gasteiger partial charge in [-0.05, 0) is 71.0 Å². The summed E-state index contributed by atoms with van der Waals surface area (Å²) < 4.78 is 0. The molecule has 1 aliphatic heterocycles. The smallest absolute Gasteiger partial charge is 0.285 e. The zero-order valence-corrected chi connectivity index (χ0v) is 17.0. The Balaban J connectivity index is 1.65. The van der Waals surface area contributed by atoms with E-state index in [-0.39, 0.29) is 22.3 Å². The number of hydrogen-bond acceptors (Lipinski definition) is 1. The largest absolute Gasteiger partial charge is 0.647 e. The highest BCUT2D eigenvalue weighted by atomic mass is 16.4. The minimum Gasteiger partial charge on any atom is -0.647 e. The van der Waals surface area contributed by atoms with Crippen LogP contribution in [0.15, 0.2) is 23.3 Å².